The van der Waals surface area contributed by atoms with Crippen molar-refractivity contribution in [3.8, 4) is 11.3 Å². The molecule has 176 valence electrons. The summed E-state index contributed by atoms with van der Waals surface area (Å²) in [5, 5.41) is 14.7. The minimum absolute atomic E-state index is 0.0233. The molecule has 34 heavy (non-hydrogen) atoms. The number of carbonyl (C=O) groups excluding carboxylic acids is 1. The molecule has 0 saturated carbocycles. The van der Waals surface area contributed by atoms with Gasteiger partial charge in [-0.15, -0.1) is 0 Å². The summed E-state index contributed by atoms with van der Waals surface area (Å²) in [6.07, 6.45) is 1.86. The molecule has 5 heterocycles. The predicted octanol–water partition coefficient (Wildman–Crippen LogP) is 1.91. The number of benzene rings is 1. The fourth-order valence-electron chi connectivity index (χ4n) is 5.74. The largest absolute Gasteiger partial charge is 0.458 e. The zero-order valence-electron chi connectivity index (χ0n) is 18.7. The number of hydrogen-bond acceptors (Lipinski definition) is 6. The quantitative estimate of drug-likeness (QED) is 0.439. The van der Waals surface area contributed by atoms with E-state index in [-0.39, 0.29) is 47.6 Å². The van der Waals surface area contributed by atoms with Crippen molar-refractivity contribution in [1.29, 1.82) is 0 Å². The van der Waals surface area contributed by atoms with Gasteiger partial charge in [-0.05, 0) is 50.1 Å². The Hall–Kier alpha value is -3.30. The molecule has 1 aromatic carbocycles. The molecule has 6 rings (SSSR count). The summed E-state index contributed by atoms with van der Waals surface area (Å²) in [5.41, 5.74) is -0.345. The van der Waals surface area contributed by atoms with Gasteiger partial charge in [-0.1, -0.05) is 6.92 Å². The van der Waals surface area contributed by atoms with Crippen LogP contribution < -0.4 is 16.3 Å². The van der Waals surface area contributed by atoms with Crippen molar-refractivity contribution in [3.63, 3.8) is 0 Å². The maximum Gasteiger partial charge on any atom is 0.343 e. The third-order valence-corrected chi connectivity index (χ3v) is 7.51. The Morgan fingerprint density at radius 2 is 2.09 bits per heavy atom. The smallest absolute Gasteiger partial charge is 0.343 e. The van der Waals surface area contributed by atoms with Crippen LogP contribution in [0.2, 0.25) is 0 Å². The first kappa shape index (κ1) is 21.2. The van der Waals surface area contributed by atoms with E-state index in [0.717, 1.165) is 19.4 Å². The molecule has 1 fully saturated rings. The Kier molecular flexibility index (Phi) is 4.59. The van der Waals surface area contributed by atoms with Gasteiger partial charge in [-0.3, -0.25) is 9.59 Å². The predicted molar refractivity (Wildman–Crippen MR) is 122 cm³/mol. The summed E-state index contributed by atoms with van der Waals surface area (Å²) in [5.74, 6) is -1.32. The van der Waals surface area contributed by atoms with E-state index in [1.54, 1.807) is 19.1 Å². The van der Waals surface area contributed by atoms with E-state index in [0.29, 0.717) is 29.0 Å². The number of aromatic nitrogens is 2. The summed E-state index contributed by atoms with van der Waals surface area (Å²) >= 11 is 0. The zero-order valence-corrected chi connectivity index (χ0v) is 18.7. The second-order valence-electron chi connectivity index (χ2n) is 9.29. The van der Waals surface area contributed by atoms with Crippen molar-refractivity contribution in [1.82, 2.24) is 14.5 Å². The van der Waals surface area contributed by atoms with Crippen LogP contribution in [0.3, 0.4) is 0 Å². The zero-order chi connectivity index (χ0) is 23.8. The molecule has 3 aliphatic heterocycles. The molecule has 2 N–H and O–H groups in total. The number of pyridine rings is 2. The molecule has 3 aromatic rings. The Morgan fingerprint density at radius 1 is 1.26 bits per heavy atom. The van der Waals surface area contributed by atoms with Gasteiger partial charge < -0.3 is 24.3 Å². The van der Waals surface area contributed by atoms with Crippen molar-refractivity contribution in [2.45, 2.75) is 51.0 Å². The maximum absolute atomic E-state index is 14.2. The third-order valence-electron chi connectivity index (χ3n) is 7.51. The normalized spacial score (nSPS) is 23.4. The maximum atomic E-state index is 14.2. The van der Waals surface area contributed by atoms with E-state index in [1.807, 2.05) is 0 Å². The number of aliphatic hydroxyl groups is 1. The number of fused-ring (bicyclic) bond motifs is 5. The number of esters is 1. The molecule has 0 bridgehead atoms. The molecule has 9 heteroatoms. The number of halogens is 1. The second-order valence-corrected chi connectivity index (χ2v) is 9.29. The Morgan fingerprint density at radius 3 is 2.82 bits per heavy atom. The Balaban J connectivity index is 1.69. The van der Waals surface area contributed by atoms with Crippen LogP contribution in [0.25, 0.3) is 22.2 Å². The lowest BCUT2D eigenvalue weighted by atomic mass is 9.85. The topological polar surface area (TPSA) is 103 Å². The highest BCUT2D eigenvalue weighted by atomic mass is 19.1. The van der Waals surface area contributed by atoms with E-state index in [1.165, 1.54) is 16.7 Å². The fourth-order valence-corrected chi connectivity index (χ4v) is 5.74. The van der Waals surface area contributed by atoms with Crippen LogP contribution in [0.5, 0.6) is 0 Å². The highest BCUT2D eigenvalue weighted by Crippen LogP contribution is 2.39. The summed E-state index contributed by atoms with van der Waals surface area (Å²) in [7, 11) is 0. The minimum atomic E-state index is -1.96. The van der Waals surface area contributed by atoms with Crippen molar-refractivity contribution < 1.29 is 19.0 Å². The van der Waals surface area contributed by atoms with Crippen molar-refractivity contribution in [2.75, 3.05) is 13.1 Å². The lowest BCUT2D eigenvalue weighted by Gasteiger charge is -2.31. The number of nitrogens with one attached hydrogen (secondary N) is 1. The highest BCUT2D eigenvalue weighted by molar-refractivity contribution is 5.88. The van der Waals surface area contributed by atoms with Gasteiger partial charge in [0.05, 0.1) is 34.6 Å². The van der Waals surface area contributed by atoms with Crippen molar-refractivity contribution in [3.05, 3.63) is 67.5 Å². The summed E-state index contributed by atoms with van der Waals surface area (Å²) < 4.78 is 22.9. The number of piperidine rings is 1. The molecule has 8 nitrogen and oxygen atoms in total. The molecule has 0 unspecified atom stereocenters. The average molecular weight is 465 g/mol. The van der Waals surface area contributed by atoms with Crippen LogP contribution in [0.1, 0.15) is 49.0 Å². The molecular formula is C25H24FN3O5. The Bertz CT molecular complexity index is 1500. The van der Waals surface area contributed by atoms with Crippen LogP contribution in [0, 0.1) is 5.82 Å². The highest BCUT2D eigenvalue weighted by Gasteiger charge is 2.45. The number of cyclic esters (lactones) is 1. The molecule has 0 radical (unpaired) electrons. The standard InChI is InChI=1S/C25H24FN3O5/c1-2-25(33)17-9-19-21-20(11-28(19)23(31)16(17)12-34-24(25)32)29(14-4-3-7-27-10-14)18-6-5-13(26)8-15(18)22(21)30/h5-6,8-9,14,27,33H,2-4,7,10-12H2,1H3/t14-,25+/m1/s1. The summed E-state index contributed by atoms with van der Waals surface area (Å²) in [4.78, 5) is 39.6. The van der Waals surface area contributed by atoms with Crippen molar-refractivity contribution in [2.24, 2.45) is 0 Å². The SMILES string of the molecule is CC[C@@]1(O)C(=O)OCc2c1cc1n(c2=O)Cc2c-1c(=O)c1cc(F)ccc1n2[C@@H]1CCCNC1. The number of ether oxygens (including phenoxy) is 1. The molecule has 0 amide bonds. The number of rotatable bonds is 2. The molecule has 2 aromatic heterocycles. The molecular weight excluding hydrogens is 441 g/mol. The third kappa shape index (κ3) is 2.74. The van der Waals surface area contributed by atoms with Gasteiger partial charge in [-0.2, -0.15) is 0 Å². The van der Waals surface area contributed by atoms with Gasteiger partial charge in [-0.25, -0.2) is 9.18 Å². The molecule has 1 saturated heterocycles. The summed E-state index contributed by atoms with van der Waals surface area (Å²) in [6.45, 7) is 3.18. The molecule has 0 aliphatic carbocycles. The number of nitrogens with zero attached hydrogens (tertiary/aromatic N) is 2. The van der Waals surface area contributed by atoms with Gasteiger partial charge in [0.25, 0.3) is 5.56 Å². The van der Waals surface area contributed by atoms with E-state index >= 15 is 0 Å². The van der Waals surface area contributed by atoms with Gasteiger partial charge in [0.15, 0.2) is 11.0 Å². The molecule has 2 atom stereocenters. The van der Waals surface area contributed by atoms with Gasteiger partial charge >= 0.3 is 5.97 Å². The monoisotopic (exact) mass is 465 g/mol. The second kappa shape index (κ2) is 7.35. The van der Waals surface area contributed by atoms with Crippen LogP contribution in [0.15, 0.2) is 33.9 Å². The van der Waals surface area contributed by atoms with Gasteiger partial charge in [0.1, 0.15) is 12.4 Å². The minimum Gasteiger partial charge on any atom is -0.458 e. The van der Waals surface area contributed by atoms with E-state index in [4.69, 9.17) is 4.74 Å². The van der Waals surface area contributed by atoms with Gasteiger partial charge in [0, 0.05) is 23.5 Å². The van der Waals surface area contributed by atoms with E-state index < -0.39 is 22.9 Å². The summed E-state index contributed by atoms with van der Waals surface area (Å²) in [6, 6.07) is 5.82. The van der Waals surface area contributed by atoms with Crippen LogP contribution in [-0.4, -0.2) is 33.3 Å². The first-order valence-electron chi connectivity index (χ1n) is 11.6. The van der Waals surface area contributed by atoms with Crippen molar-refractivity contribution >= 4 is 16.9 Å². The van der Waals surface area contributed by atoms with E-state index in [9.17, 15) is 23.9 Å². The first-order chi connectivity index (χ1) is 16.3. The lowest BCUT2D eigenvalue weighted by molar-refractivity contribution is -0.172. The van der Waals surface area contributed by atoms with Crippen LogP contribution in [-0.2, 0) is 28.3 Å². The van der Waals surface area contributed by atoms with E-state index in [2.05, 4.69) is 9.88 Å². The molecule has 0 spiro atoms. The fraction of sp³-hybridized carbons (Fsp3) is 0.400. The average Bonchev–Trinajstić information content (AvgIpc) is 3.23. The number of carbonyl (C=O) groups is 1. The Labute approximate surface area is 193 Å². The number of hydrogen-bond donors (Lipinski definition) is 2. The lowest BCUT2D eigenvalue weighted by Crippen LogP contribution is -2.44. The van der Waals surface area contributed by atoms with Gasteiger partial charge in [0.2, 0.25) is 0 Å². The first-order valence-corrected chi connectivity index (χ1v) is 11.6. The molecule has 3 aliphatic rings. The van der Waals surface area contributed by atoms with Crippen LogP contribution >= 0.6 is 0 Å². The van der Waals surface area contributed by atoms with Crippen LogP contribution in [0.4, 0.5) is 4.39 Å².